The molecule has 0 saturated carbocycles. The van der Waals surface area contributed by atoms with Crippen LogP contribution in [0.2, 0.25) is 0 Å². The van der Waals surface area contributed by atoms with Crippen LogP contribution >= 0.6 is 0 Å². The number of amides is 1. The van der Waals surface area contributed by atoms with Gasteiger partial charge in [0.05, 0.1) is 26.2 Å². The molecule has 1 aromatic heterocycles. The van der Waals surface area contributed by atoms with Gasteiger partial charge in [-0.2, -0.15) is 0 Å². The number of ether oxygens (including phenoxy) is 1. The molecule has 8 nitrogen and oxygen atoms in total. The van der Waals surface area contributed by atoms with Crippen molar-refractivity contribution in [1.29, 1.82) is 0 Å². The van der Waals surface area contributed by atoms with Crippen LogP contribution in [0.15, 0.2) is 33.5 Å². The van der Waals surface area contributed by atoms with E-state index in [0.717, 1.165) is 25.9 Å². The predicted octanol–water partition coefficient (Wildman–Crippen LogP) is 1.84. The Labute approximate surface area is 174 Å². The SMILES string of the molecule is COc1ccc(C(CC(N)=O)c2oc(CN3CCCCC3)cc(=O)c2O)cc1CO. The smallest absolute Gasteiger partial charge is 0.227 e. The molecule has 8 heteroatoms. The van der Waals surface area contributed by atoms with E-state index in [0.29, 0.717) is 29.2 Å². The first kappa shape index (κ1) is 21.9. The number of likely N-dealkylation sites (tertiary alicyclic amines) is 1. The lowest BCUT2D eigenvalue weighted by atomic mass is 9.90. The summed E-state index contributed by atoms with van der Waals surface area (Å²) in [6, 6.07) is 6.30. The van der Waals surface area contributed by atoms with Gasteiger partial charge >= 0.3 is 0 Å². The number of carbonyl (C=O) groups excluding carboxylic acids is 1. The van der Waals surface area contributed by atoms with E-state index < -0.39 is 23.0 Å². The fraction of sp³-hybridized carbons (Fsp3) is 0.455. The number of aliphatic hydroxyl groups is 1. The van der Waals surface area contributed by atoms with Crippen LogP contribution in [-0.2, 0) is 17.9 Å². The molecule has 2 heterocycles. The first-order valence-corrected chi connectivity index (χ1v) is 10.1. The molecule has 1 amide bonds. The number of aromatic hydroxyl groups is 1. The van der Waals surface area contributed by atoms with Crippen molar-refractivity contribution < 1.29 is 24.2 Å². The minimum Gasteiger partial charge on any atom is -0.502 e. The Hall–Kier alpha value is -2.84. The number of primary amides is 1. The maximum Gasteiger partial charge on any atom is 0.227 e. The average Bonchev–Trinajstić information content (AvgIpc) is 2.74. The zero-order valence-corrected chi connectivity index (χ0v) is 17.1. The molecular formula is C22H28N2O6. The van der Waals surface area contributed by atoms with Gasteiger partial charge in [-0.1, -0.05) is 12.5 Å². The van der Waals surface area contributed by atoms with Gasteiger partial charge in [0, 0.05) is 18.1 Å². The molecule has 162 valence electrons. The monoisotopic (exact) mass is 416 g/mol. The van der Waals surface area contributed by atoms with E-state index >= 15 is 0 Å². The number of methoxy groups -OCH3 is 1. The number of nitrogens with two attached hydrogens (primary N) is 1. The molecule has 1 aliphatic rings. The normalized spacial score (nSPS) is 15.7. The molecule has 0 bridgehead atoms. The Morgan fingerprint density at radius 1 is 1.27 bits per heavy atom. The Morgan fingerprint density at radius 2 is 2.00 bits per heavy atom. The standard InChI is InChI=1S/C22H28N2O6/c1-29-19-6-5-14(9-15(19)13-25)17(11-20(23)27)22-21(28)18(26)10-16(30-22)12-24-7-3-2-4-8-24/h5-6,9-10,17,25,28H,2-4,7-8,11-13H2,1H3,(H2,23,27). The second kappa shape index (κ2) is 9.77. The lowest BCUT2D eigenvalue weighted by Gasteiger charge is -2.26. The third-order valence-corrected chi connectivity index (χ3v) is 5.43. The number of nitrogens with zero attached hydrogens (tertiary/aromatic N) is 1. The lowest BCUT2D eigenvalue weighted by Crippen LogP contribution is -2.29. The summed E-state index contributed by atoms with van der Waals surface area (Å²) in [4.78, 5) is 26.4. The maximum atomic E-state index is 12.4. The average molecular weight is 416 g/mol. The molecule has 0 spiro atoms. The molecule has 1 atom stereocenters. The summed E-state index contributed by atoms with van der Waals surface area (Å²) < 4.78 is 11.2. The summed E-state index contributed by atoms with van der Waals surface area (Å²) in [5.41, 5.74) is 5.97. The van der Waals surface area contributed by atoms with Crippen LogP contribution < -0.4 is 15.9 Å². The minimum absolute atomic E-state index is 0.00219. The van der Waals surface area contributed by atoms with Crippen LogP contribution in [-0.4, -0.2) is 41.2 Å². The highest BCUT2D eigenvalue weighted by atomic mass is 16.5. The van der Waals surface area contributed by atoms with Gasteiger partial charge in [0.15, 0.2) is 5.76 Å². The summed E-state index contributed by atoms with van der Waals surface area (Å²) in [5, 5.41) is 20.1. The van der Waals surface area contributed by atoms with Gasteiger partial charge < -0.3 is 25.1 Å². The summed E-state index contributed by atoms with van der Waals surface area (Å²) in [5.74, 6) is -0.992. The molecule has 30 heavy (non-hydrogen) atoms. The largest absolute Gasteiger partial charge is 0.502 e. The van der Waals surface area contributed by atoms with Crippen molar-refractivity contribution in [2.75, 3.05) is 20.2 Å². The molecule has 3 rings (SSSR count). The van der Waals surface area contributed by atoms with E-state index in [1.807, 2.05) is 0 Å². The highest BCUT2D eigenvalue weighted by molar-refractivity contribution is 5.75. The van der Waals surface area contributed by atoms with E-state index in [2.05, 4.69) is 4.90 Å². The van der Waals surface area contributed by atoms with Crippen molar-refractivity contribution in [2.24, 2.45) is 5.73 Å². The van der Waals surface area contributed by atoms with E-state index in [4.69, 9.17) is 14.9 Å². The Balaban J connectivity index is 2.03. The number of carbonyl (C=O) groups is 1. The van der Waals surface area contributed by atoms with Crippen LogP contribution in [0, 0.1) is 0 Å². The molecule has 1 aromatic carbocycles. The second-order valence-electron chi connectivity index (χ2n) is 7.58. The number of aliphatic hydroxyl groups excluding tert-OH is 1. The zero-order chi connectivity index (χ0) is 21.7. The molecule has 1 aliphatic heterocycles. The Kier molecular flexibility index (Phi) is 7.12. The molecule has 1 unspecified atom stereocenters. The first-order chi connectivity index (χ1) is 14.4. The highest BCUT2D eigenvalue weighted by Crippen LogP contribution is 2.35. The van der Waals surface area contributed by atoms with Gasteiger partial charge in [-0.15, -0.1) is 0 Å². The topological polar surface area (TPSA) is 126 Å². The third-order valence-electron chi connectivity index (χ3n) is 5.43. The number of benzene rings is 1. The molecule has 1 fully saturated rings. The summed E-state index contributed by atoms with van der Waals surface area (Å²) >= 11 is 0. The van der Waals surface area contributed by atoms with Crippen molar-refractivity contribution in [3.8, 4) is 11.5 Å². The van der Waals surface area contributed by atoms with Gasteiger partial charge in [0.2, 0.25) is 17.1 Å². The molecule has 4 N–H and O–H groups in total. The molecule has 0 radical (unpaired) electrons. The summed E-state index contributed by atoms with van der Waals surface area (Å²) in [6.45, 7) is 2.02. The van der Waals surface area contributed by atoms with Crippen molar-refractivity contribution in [2.45, 2.75) is 44.8 Å². The van der Waals surface area contributed by atoms with Crippen LogP contribution in [0.4, 0.5) is 0 Å². The molecule has 2 aromatic rings. The second-order valence-corrected chi connectivity index (χ2v) is 7.58. The summed E-state index contributed by atoms with van der Waals surface area (Å²) in [6.07, 6.45) is 3.21. The van der Waals surface area contributed by atoms with Crippen molar-refractivity contribution in [1.82, 2.24) is 4.90 Å². The number of hydrogen-bond donors (Lipinski definition) is 3. The number of piperidine rings is 1. The summed E-state index contributed by atoms with van der Waals surface area (Å²) in [7, 11) is 1.49. The Bertz CT molecular complexity index is 949. The van der Waals surface area contributed by atoms with Gasteiger partial charge in [-0.3, -0.25) is 14.5 Å². The maximum absolute atomic E-state index is 12.4. The fourth-order valence-electron chi connectivity index (χ4n) is 3.91. The number of hydrogen-bond acceptors (Lipinski definition) is 7. The van der Waals surface area contributed by atoms with E-state index in [1.54, 1.807) is 18.2 Å². The van der Waals surface area contributed by atoms with Gasteiger partial charge in [-0.25, -0.2) is 0 Å². The first-order valence-electron chi connectivity index (χ1n) is 10.1. The molecule has 1 saturated heterocycles. The molecule has 0 aliphatic carbocycles. The van der Waals surface area contributed by atoms with E-state index in [9.17, 15) is 19.8 Å². The molecular weight excluding hydrogens is 388 g/mol. The van der Waals surface area contributed by atoms with E-state index in [-0.39, 0.29) is 18.8 Å². The third kappa shape index (κ3) is 5.01. The van der Waals surface area contributed by atoms with Gasteiger partial charge in [0.25, 0.3) is 0 Å². The predicted molar refractivity (Wildman–Crippen MR) is 110 cm³/mol. The Morgan fingerprint density at radius 3 is 2.63 bits per heavy atom. The van der Waals surface area contributed by atoms with Crippen LogP contribution in [0.3, 0.4) is 0 Å². The van der Waals surface area contributed by atoms with Crippen molar-refractivity contribution >= 4 is 5.91 Å². The lowest BCUT2D eigenvalue weighted by molar-refractivity contribution is -0.118. The van der Waals surface area contributed by atoms with Crippen LogP contribution in [0.5, 0.6) is 11.5 Å². The van der Waals surface area contributed by atoms with E-state index in [1.165, 1.54) is 19.6 Å². The quantitative estimate of drug-likeness (QED) is 0.599. The fourth-order valence-corrected chi connectivity index (χ4v) is 3.91. The van der Waals surface area contributed by atoms with Gasteiger partial charge in [0.1, 0.15) is 11.5 Å². The van der Waals surface area contributed by atoms with Crippen LogP contribution in [0.1, 0.15) is 54.2 Å². The van der Waals surface area contributed by atoms with Gasteiger partial charge in [-0.05, 0) is 43.6 Å². The minimum atomic E-state index is -0.771. The van der Waals surface area contributed by atoms with Crippen molar-refractivity contribution in [3.05, 3.63) is 57.1 Å². The zero-order valence-electron chi connectivity index (χ0n) is 17.1. The van der Waals surface area contributed by atoms with Crippen LogP contribution in [0.25, 0.3) is 0 Å². The highest BCUT2D eigenvalue weighted by Gasteiger charge is 2.26. The number of rotatable bonds is 8. The van der Waals surface area contributed by atoms with Crippen molar-refractivity contribution in [3.63, 3.8) is 0 Å².